The van der Waals surface area contributed by atoms with Crippen LogP contribution in [0.5, 0.6) is 0 Å². The summed E-state index contributed by atoms with van der Waals surface area (Å²) in [6.45, 7) is 0. The third-order valence-corrected chi connectivity index (χ3v) is 3.90. The summed E-state index contributed by atoms with van der Waals surface area (Å²) in [7, 11) is 0. The standard InChI is InChI=1S/C15H11BrFNO/c16-13-5-4-9(17)8-12(13)15(19)11-2-1-3-14-10(11)6-7-18-14/h1-8,15,18-19H. The number of benzene rings is 2. The molecule has 2 N–H and O–H groups in total. The Balaban J connectivity index is 2.15. The molecule has 0 spiro atoms. The fourth-order valence-corrected chi connectivity index (χ4v) is 2.70. The summed E-state index contributed by atoms with van der Waals surface area (Å²) in [5.74, 6) is -0.363. The number of hydrogen-bond donors (Lipinski definition) is 2. The Morgan fingerprint density at radius 3 is 2.79 bits per heavy atom. The average molecular weight is 320 g/mol. The molecule has 2 aromatic carbocycles. The summed E-state index contributed by atoms with van der Waals surface area (Å²) in [5, 5.41) is 11.4. The van der Waals surface area contributed by atoms with Crippen LogP contribution >= 0.6 is 15.9 Å². The van der Waals surface area contributed by atoms with Crippen LogP contribution in [0.25, 0.3) is 10.9 Å². The van der Waals surface area contributed by atoms with Crippen LogP contribution < -0.4 is 0 Å². The number of nitrogens with one attached hydrogen (secondary N) is 1. The van der Waals surface area contributed by atoms with Gasteiger partial charge in [-0.25, -0.2) is 4.39 Å². The van der Waals surface area contributed by atoms with Crippen LogP contribution in [-0.2, 0) is 0 Å². The van der Waals surface area contributed by atoms with E-state index < -0.39 is 6.10 Å². The second-order valence-corrected chi connectivity index (χ2v) is 5.21. The molecular formula is C15H11BrFNO. The van der Waals surface area contributed by atoms with Crippen molar-refractivity contribution < 1.29 is 9.50 Å². The van der Waals surface area contributed by atoms with E-state index in [0.717, 1.165) is 16.5 Å². The molecule has 0 amide bonds. The van der Waals surface area contributed by atoms with Gasteiger partial charge in [0.05, 0.1) is 0 Å². The lowest BCUT2D eigenvalue weighted by molar-refractivity contribution is 0.220. The molecule has 0 aliphatic rings. The maximum Gasteiger partial charge on any atom is 0.123 e. The van der Waals surface area contributed by atoms with E-state index >= 15 is 0 Å². The quantitative estimate of drug-likeness (QED) is 0.731. The van der Waals surface area contributed by atoms with E-state index in [2.05, 4.69) is 20.9 Å². The van der Waals surface area contributed by atoms with Crippen LogP contribution in [0.3, 0.4) is 0 Å². The van der Waals surface area contributed by atoms with Crippen LogP contribution in [0.15, 0.2) is 53.1 Å². The van der Waals surface area contributed by atoms with Crippen LogP contribution in [-0.4, -0.2) is 10.1 Å². The van der Waals surface area contributed by atoms with Gasteiger partial charge in [0, 0.05) is 27.1 Å². The third-order valence-electron chi connectivity index (χ3n) is 3.18. The minimum atomic E-state index is -0.871. The summed E-state index contributed by atoms with van der Waals surface area (Å²) in [4.78, 5) is 3.10. The van der Waals surface area contributed by atoms with E-state index in [9.17, 15) is 9.50 Å². The van der Waals surface area contributed by atoms with Crippen molar-refractivity contribution in [3.63, 3.8) is 0 Å². The molecule has 1 atom stereocenters. The first kappa shape index (κ1) is 12.4. The fourth-order valence-electron chi connectivity index (χ4n) is 2.24. The van der Waals surface area contributed by atoms with Crippen molar-refractivity contribution in [3.8, 4) is 0 Å². The average Bonchev–Trinajstić information content (AvgIpc) is 2.89. The van der Waals surface area contributed by atoms with Gasteiger partial charge < -0.3 is 10.1 Å². The highest BCUT2D eigenvalue weighted by atomic mass is 79.9. The first-order valence-corrected chi connectivity index (χ1v) is 6.65. The van der Waals surface area contributed by atoms with Crippen molar-refractivity contribution in [3.05, 3.63) is 70.1 Å². The molecule has 1 heterocycles. The predicted molar refractivity (Wildman–Crippen MR) is 76.5 cm³/mol. The summed E-state index contributed by atoms with van der Waals surface area (Å²) < 4.78 is 14.0. The first-order chi connectivity index (χ1) is 9.16. The van der Waals surface area contributed by atoms with E-state index in [1.165, 1.54) is 12.1 Å². The largest absolute Gasteiger partial charge is 0.384 e. The summed E-state index contributed by atoms with van der Waals surface area (Å²) in [6.07, 6.45) is 0.950. The van der Waals surface area contributed by atoms with E-state index in [1.54, 1.807) is 6.07 Å². The zero-order valence-electron chi connectivity index (χ0n) is 9.90. The molecule has 0 fully saturated rings. The Morgan fingerprint density at radius 1 is 1.11 bits per heavy atom. The number of aromatic amines is 1. The Kier molecular flexibility index (Phi) is 3.12. The SMILES string of the molecule is OC(c1cc(F)ccc1Br)c1cccc2[nH]ccc12. The number of hydrogen-bond acceptors (Lipinski definition) is 1. The Labute approximate surface area is 118 Å². The van der Waals surface area contributed by atoms with E-state index in [-0.39, 0.29) is 5.82 Å². The maximum absolute atomic E-state index is 13.3. The molecule has 1 unspecified atom stereocenters. The molecule has 96 valence electrons. The van der Waals surface area contributed by atoms with Crippen molar-refractivity contribution in [1.29, 1.82) is 0 Å². The molecule has 0 bridgehead atoms. The highest BCUT2D eigenvalue weighted by Crippen LogP contribution is 2.32. The van der Waals surface area contributed by atoms with Crippen molar-refractivity contribution in [1.82, 2.24) is 4.98 Å². The number of rotatable bonds is 2. The van der Waals surface area contributed by atoms with Gasteiger partial charge in [0.2, 0.25) is 0 Å². The third kappa shape index (κ3) is 2.17. The lowest BCUT2D eigenvalue weighted by Gasteiger charge is -2.14. The molecule has 0 saturated carbocycles. The number of aliphatic hydroxyl groups excluding tert-OH is 1. The van der Waals surface area contributed by atoms with Gasteiger partial charge in [-0.1, -0.05) is 28.1 Å². The zero-order valence-corrected chi connectivity index (χ0v) is 11.5. The Bertz CT molecular complexity index is 738. The minimum Gasteiger partial charge on any atom is -0.384 e. The van der Waals surface area contributed by atoms with Gasteiger partial charge in [-0.3, -0.25) is 0 Å². The van der Waals surface area contributed by atoms with Crippen molar-refractivity contribution in [2.45, 2.75) is 6.10 Å². The molecule has 4 heteroatoms. The van der Waals surface area contributed by atoms with Gasteiger partial charge in [-0.15, -0.1) is 0 Å². The van der Waals surface area contributed by atoms with Gasteiger partial charge in [0.15, 0.2) is 0 Å². The zero-order chi connectivity index (χ0) is 13.4. The highest BCUT2D eigenvalue weighted by Gasteiger charge is 2.17. The van der Waals surface area contributed by atoms with Crippen LogP contribution in [0, 0.1) is 5.82 Å². The Hall–Kier alpha value is -1.65. The number of aromatic nitrogens is 1. The molecule has 0 aliphatic heterocycles. The first-order valence-electron chi connectivity index (χ1n) is 5.86. The van der Waals surface area contributed by atoms with Gasteiger partial charge >= 0.3 is 0 Å². The van der Waals surface area contributed by atoms with Crippen LogP contribution in [0.4, 0.5) is 4.39 Å². The van der Waals surface area contributed by atoms with E-state index in [1.807, 2.05) is 30.5 Å². The minimum absolute atomic E-state index is 0.363. The molecule has 0 saturated heterocycles. The number of aliphatic hydroxyl groups is 1. The predicted octanol–water partition coefficient (Wildman–Crippen LogP) is 4.15. The lowest BCUT2D eigenvalue weighted by Crippen LogP contribution is -2.01. The molecule has 1 aromatic heterocycles. The summed E-state index contributed by atoms with van der Waals surface area (Å²) in [5.41, 5.74) is 2.22. The Morgan fingerprint density at radius 2 is 1.95 bits per heavy atom. The van der Waals surface area contributed by atoms with E-state index in [0.29, 0.717) is 10.0 Å². The molecule has 2 nitrogen and oxygen atoms in total. The fraction of sp³-hybridized carbons (Fsp3) is 0.0667. The van der Waals surface area contributed by atoms with Crippen molar-refractivity contribution in [2.75, 3.05) is 0 Å². The lowest BCUT2D eigenvalue weighted by atomic mass is 9.98. The summed E-state index contributed by atoms with van der Waals surface area (Å²) >= 11 is 3.35. The van der Waals surface area contributed by atoms with Crippen LogP contribution in [0.2, 0.25) is 0 Å². The maximum atomic E-state index is 13.3. The van der Waals surface area contributed by atoms with Gasteiger partial charge in [-0.05, 0) is 35.9 Å². The summed E-state index contributed by atoms with van der Waals surface area (Å²) in [6, 6.07) is 11.9. The smallest absolute Gasteiger partial charge is 0.123 e. The van der Waals surface area contributed by atoms with Gasteiger partial charge in [0.25, 0.3) is 0 Å². The van der Waals surface area contributed by atoms with Crippen molar-refractivity contribution >= 4 is 26.8 Å². The number of H-pyrrole nitrogens is 1. The number of fused-ring (bicyclic) bond motifs is 1. The molecule has 19 heavy (non-hydrogen) atoms. The normalized spacial score (nSPS) is 12.8. The molecule has 3 rings (SSSR count). The van der Waals surface area contributed by atoms with Crippen LogP contribution in [0.1, 0.15) is 17.2 Å². The second kappa shape index (κ2) is 4.79. The van der Waals surface area contributed by atoms with Crippen molar-refractivity contribution in [2.24, 2.45) is 0 Å². The molecular weight excluding hydrogens is 309 g/mol. The second-order valence-electron chi connectivity index (χ2n) is 4.35. The topological polar surface area (TPSA) is 36.0 Å². The highest BCUT2D eigenvalue weighted by molar-refractivity contribution is 9.10. The van der Waals surface area contributed by atoms with Gasteiger partial charge in [0.1, 0.15) is 11.9 Å². The van der Waals surface area contributed by atoms with Gasteiger partial charge in [-0.2, -0.15) is 0 Å². The number of halogens is 2. The molecule has 0 radical (unpaired) electrons. The molecule has 0 aliphatic carbocycles. The van der Waals surface area contributed by atoms with E-state index in [4.69, 9.17) is 0 Å². The molecule has 3 aromatic rings. The monoisotopic (exact) mass is 319 g/mol.